The molecule has 4 heteroatoms. The molecule has 0 saturated heterocycles. The van der Waals surface area contributed by atoms with Gasteiger partial charge in [0.05, 0.1) is 28.4 Å². The molecule has 0 saturated carbocycles. The Morgan fingerprint density at radius 3 is 1.78 bits per heavy atom. The molecule has 2 aromatic rings. The zero-order valence-corrected chi connectivity index (χ0v) is 14.2. The minimum absolute atomic E-state index is 0.694. The van der Waals surface area contributed by atoms with E-state index in [1.807, 2.05) is 43.3 Å². The SMILES string of the molecule is C/C=C(/c1cc(OC)cc(OC)c1)c1ccc(OC)c(OC)c1. The molecule has 0 amide bonds. The van der Waals surface area contributed by atoms with Gasteiger partial charge in [-0.05, 0) is 47.9 Å². The highest BCUT2D eigenvalue weighted by Crippen LogP contribution is 2.35. The minimum atomic E-state index is 0.694. The summed E-state index contributed by atoms with van der Waals surface area (Å²) in [5, 5.41) is 0. The highest BCUT2D eigenvalue weighted by atomic mass is 16.5. The normalized spacial score (nSPS) is 11.1. The van der Waals surface area contributed by atoms with Crippen molar-refractivity contribution in [3.63, 3.8) is 0 Å². The van der Waals surface area contributed by atoms with E-state index in [0.717, 1.165) is 28.2 Å². The Morgan fingerprint density at radius 1 is 0.696 bits per heavy atom. The van der Waals surface area contributed by atoms with E-state index in [9.17, 15) is 0 Å². The van der Waals surface area contributed by atoms with Crippen molar-refractivity contribution in [2.24, 2.45) is 0 Å². The minimum Gasteiger partial charge on any atom is -0.497 e. The molecule has 4 nitrogen and oxygen atoms in total. The van der Waals surface area contributed by atoms with Crippen LogP contribution >= 0.6 is 0 Å². The first-order valence-corrected chi connectivity index (χ1v) is 7.29. The Labute approximate surface area is 137 Å². The highest BCUT2D eigenvalue weighted by molar-refractivity contribution is 5.81. The number of rotatable bonds is 6. The summed E-state index contributed by atoms with van der Waals surface area (Å²) in [5.74, 6) is 2.90. The van der Waals surface area contributed by atoms with Crippen LogP contribution in [0.3, 0.4) is 0 Å². The summed E-state index contributed by atoms with van der Waals surface area (Å²) in [5.41, 5.74) is 3.10. The number of benzene rings is 2. The van der Waals surface area contributed by atoms with Crippen molar-refractivity contribution in [1.82, 2.24) is 0 Å². The van der Waals surface area contributed by atoms with Crippen molar-refractivity contribution in [1.29, 1.82) is 0 Å². The molecule has 0 radical (unpaired) electrons. The molecule has 0 heterocycles. The molecule has 0 aromatic heterocycles. The van der Waals surface area contributed by atoms with E-state index in [2.05, 4.69) is 6.08 Å². The van der Waals surface area contributed by atoms with Crippen LogP contribution in [0.2, 0.25) is 0 Å². The van der Waals surface area contributed by atoms with Crippen LogP contribution < -0.4 is 18.9 Å². The topological polar surface area (TPSA) is 36.9 Å². The second kappa shape index (κ2) is 7.58. The van der Waals surface area contributed by atoms with Crippen LogP contribution in [-0.4, -0.2) is 28.4 Å². The van der Waals surface area contributed by atoms with Gasteiger partial charge in [0.2, 0.25) is 0 Å². The summed E-state index contributed by atoms with van der Waals surface area (Å²) < 4.78 is 21.4. The standard InChI is InChI=1S/C19H22O4/c1-6-17(13-7-8-18(22-4)19(11-13)23-5)14-9-15(20-2)12-16(10-14)21-3/h6-12H,1-5H3/b17-6+. The van der Waals surface area contributed by atoms with Crippen LogP contribution in [0.1, 0.15) is 18.1 Å². The Bertz CT molecular complexity index is 682. The molecule has 2 aromatic carbocycles. The summed E-state index contributed by atoms with van der Waals surface area (Å²) >= 11 is 0. The lowest BCUT2D eigenvalue weighted by Gasteiger charge is -2.14. The van der Waals surface area contributed by atoms with E-state index in [1.165, 1.54) is 0 Å². The van der Waals surface area contributed by atoms with Gasteiger partial charge < -0.3 is 18.9 Å². The molecule has 122 valence electrons. The summed E-state index contributed by atoms with van der Waals surface area (Å²) in [4.78, 5) is 0. The molecule has 0 aliphatic carbocycles. The molecule has 23 heavy (non-hydrogen) atoms. The number of allylic oxidation sites excluding steroid dienone is 1. The number of methoxy groups -OCH3 is 4. The first-order valence-electron chi connectivity index (χ1n) is 7.29. The van der Waals surface area contributed by atoms with Crippen molar-refractivity contribution in [3.8, 4) is 23.0 Å². The maximum absolute atomic E-state index is 5.40. The molecule has 0 spiro atoms. The van der Waals surface area contributed by atoms with Gasteiger partial charge in [-0.1, -0.05) is 12.1 Å². The van der Waals surface area contributed by atoms with Gasteiger partial charge in [-0.15, -0.1) is 0 Å². The second-order valence-electron chi connectivity index (χ2n) is 4.87. The molecule has 0 aliphatic rings. The van der Waals surface area contributed by atoms with Crippen LogP contribution in [0.4, 0.5) is 0 Å². The van der Waals surface area contributed by atoms with E-state index in [0.29, 0.717) is 11.5 Å². The van der Waals surface area contributed by atoms with Crippen molar-refractivity contribution < 1.29 is 18.9 Å². The summed E-state index contributed by atoms with van der Waals surface area (Å²) in [6, 6.07) is 11.7. The van der Waals surface area contributed by atoms with Crippen LogP contribution in [0.15, 0.2) is 42.5 Å². The van der Waals surface area contributed by atoms with Crippen molar-refractivity contribution in [2.45, 2.75) is 6.92 Å². The van der Waals surface area contributed by atoms with E-state index >= 15 is 0 Å². The molecule has 0 N–H and O–H groups in total. The Hall–Kier alpha value is -2.62. The molecule has 0 atom stereocenters. The number of hydrogen-bond donors (Lipinski definition) is 0. The summed E-state index contributed by atoms with van der Waals surface area (Å²) in [7, 11) is 6.54. The zero-order chi connectivity index (χ0) is 16.8. The van der Waals surface area contributed by atoms with Gasteiger partial charge in [0.1, 0.15) is 11.5 Å². The maximum Gasteiger partial charge on any atom is 0.161 e. The third kappa shape index (κ3) is 3.59. The van der Waals surface area contributed by atoms with Crippen molar-refractivity contribution in [2.75, 3.05) is 28.4 Å². The summed E-state index contributed by atoms with van der Waals surface area (Å²) in [6.45, 7) is 2.00. The van der Waals surface area contributed by atoms with Gasteiger partial charge >= 0.3 is 0 Å². The maximum atomic E-state index is 5.40. The monoisotopic (exact) mass is 314 g/mol. The lowest BCUT2D eigenvalue weighted by atomic mass is 9.97. The van der Waals surface area contributed by atoms with Crippen molar-refractivity contribution in [3.05, 3.63) is 53.6 Å². The average molecular weight is 314 g/mol. The van der Waals surface area contributed by atoms with E-state index in [1.54, 1.807) is 28.4 Å². The first-order chi connectivity index (χ1) is 11.2. The Morgan fingerprint density at radius 2 is 1.30 bits per heavy atom. The van der Waals surface area contributed by atoms with Gasteiger partial charge in [0, 0.05) is 6.07 Å². The lowest BCUT2D eigenvalue weighted by Crippen LogP contribution is -1.95. The third-order valence-electron chi connectivity index (χ3n) is 3.65. The fourth-order valence-corrected chi connectivity index (χ4v) is 2.47. The third-order valence-corrected chi connectivity index (χ3v) is 3.65. The van der Waals surface area contributed by atoms with Gasteiger partial charge in [-0.25, -0.2) is 0 Å². The lowest BCUT2D eigenvalue weighted by molar-refractivity contribution is 0.355. The summed E-state index contributed by atoms with van der Waals surface area (Å²) in [6.07, 6.45) is 2.05. The predicted octanol–water partition coefficient (Wildman–Crippen LogP) is 4.17. The molecule has 0 unspecified atom stereocenters. The second-order valence-corrected chi connectivity index (χ2v) is 4.87. The van der Waals surface area contributed by atoms with Crippen LogP contribution in [0, 0.1) is 0 Å². The Kier molecular flexibility index (Phi) is 5.52. The van der Waals surface area contributed by atoms with Crippen LogP contribution in [0.5, 0.6) is 23.0 Å². The molecule has 0 fully saturated rings. The largest absolute Gasteiger partial charge is 0.497 e. The van der Waals surface area contributed by atoms with Gasteiger partial charge in [-0.3, -0.25) is 0 Å². The van der Waals surface area contributed by atoms with E-state index < -0.39 is 0 Å². The highest BCUT2D eigenvalue weighted by Gasteiger charge is 2.11. The fraction of sp³-hybridized carbons (Fsp3) is 0.263. The molecular formula is C19H22O4. The molecule has 2 rings (SSSR count). The van der Waals surface area contributed by atoms with Crippen molar-refractivity contribution >= 4 is 5.57 Å². The van der Waals surface area contributed by atoms with Gasteiger partial charge in [0.15, 0.2) is 11.5 Å². The zero-order valence-electron chi connectivity index (χ0n) is 14.2. The number of hydrogen-bond acceptors (Lipinski definition) is 4. The van der Waals surface area contributed by atoms with E-state index in [4.69, 9.17) is 18.9 Å². The van der Waals surface area contributed by atoms with Crippen LogP contribution in [-0.2, 0) is 0 Å². The van der Waals surface area contributed by atoms with Crippen LogP contribution in [0.25, 0.3) is 5.57 Å². The predicted molar refractivity (Wildman–Crippen MR) is 91.8 cm³/mol. The smallest absolute Gasteiger partial charge is 0.161 e. The fourth-order valence-electron chi connectivity index (χ4n) is 2.47. The molecule has 0 bridgehead atoms. The Balaban J connectivity index is 2.52. The average Bonchev–Trinajstić information content (AvgIpc) is 2.61. The molecular weight excluding hydrogens is 292 g/mol. The first kappa shape index (κ1) is 16.7. The van der Waals surface area contributed by atoms with Gasteiger partial charge in [0.25, 0.3) is 0 Å². The van der Waals surface area contributed by atoms with Gasteiger partial charge in [-0.2, -0.15) is 0 Å². The van der Waals surface area contributed by atoms with E-state index in [-0.39, 0.29) is 0 Å². The quantitative estimate of drug-likeness (QED) is 0.802. The number of ether oxygens (including phenoxy) is 4. The molecule has 0 aliphatic heterocycles.